The number of benzene rings is 2. The van der Waals surface area contributed by atoms with Gasteiger partial charge in [-0.25, -0.2) is 4.39 Å². The van der Waals surface area contributed by atoms with Gasteiger partial charge in [0.2, 0.25) is 0 Å². The van der Waals surface area contributed by atoms with Gasteiger partial charge in [-0.2, -0.15) is 8.78 Å². The fourth-order valence-electron chi connectivity index (χ4n) is 2.35. The Hall–Kier alpha value is -2.74. The first-order valence-corrected chi connectivity index (χ1v) is 8.27. The van der Waals surface area contributed by atoms with E-state index in [2.05, 4.69) is 15.4 Å². The number of aryl methyl sites for hydroxylation is 1. The molecule has 0 atom stereocenters. The van der Waals surface area contributed by atoms with Crippen molar-refractivity contribution in [3.63, 3.8) is 0 Å². The molecule has 2 aromatic carbocycles. The molecule has 0 heterocycles. The zero-order valence-electron chi connectivity index (χ0n) is 15.0. The maximum Gasteiger partial charge on any atom is 0.387 e. The monoisotopic (exact) mass is 382 g/mol. The van der Waals surface area contributed by atoms with Crippen LogP contribution in [-0.4, -0.2) is 32.7 Å². The third-order valence-corrected chi connectivity index (χ3v) is 3.79. The lowest BCUT2D eigenvalue weighted by Gasteiger charge is -2.12. The normalized spacial score (nSPS) is 10.7. The molecule has 0 bridgehead atoms. The standard InChI is InChI=1S/C19H21F3N2O3/c1-12-3-5-14(10-15(12)20)18(25)24-8-7-23-11-13-4-6-16(27-19(21)22)17(9-13)26-2/h3-6,9-10,19,23H,7-8,11H2,1-2H3,(H,24,25). The van der Waals surface area contributed by atoms with Gasteiger partial charge in [0.05, 0.1) is 7.11 Å². The van der Waals surface area contributed by atoms with E-state index in [1.807, 2.05) is 0 Å². The molecule has 2 rings (SSSR count). The Bertz CT molecular complexity index is 785. The first-order chi connectivity index (χ1) is 12.9. The summed E-state index contributed by atoms with van der Waals surface area (Å²) in [5.74, 6) is -0.599. The van der Waals surface area contributed by atoms with Crippen LogP contribution in [0.5, 0.6) is 11.5 Å². The molecular formula is C19H21F3N2O3. The second-order valence-corrected chi connectivity index (χ2v) is 5.76. The molecule has 0 unspecified atom stereocenters. The van der Waals surface area contributed by atoms with Gasteiger partial charge in [0.15, 0.2) is 11.5 Å². The first kappa shape index (κ1) is 20.6. The summed E-state index contributed by atoms with van der Waals surface area (Å²) in [6.07, 6.45) is 0. The van der Waals surface area contributed by atoms with Crippen LogP contribution >= 0.6 is 0 Å². The number of nitrogens with one attached hydrogen (secondary N) is 2. The quantitative estimate of drug-likeness (QED) is 0.654. The van der Waals surface area contributed by atoms with Gasteiger partial charge in [0.1, 0.15) is 5.82 Å². The Kier molecular flexibility index (Phi) is 7.48. The highest BCUT2D eigenvalue weighted by Gasteiger charge is 2.11. The molecule has 0 aliphatic carbocycles. The zero-order valence-corrected chi connectivity index (χ0v) is 15.0. The Balaban J connectivity index is 1.78. The van der Waals surface area contributed by atoms with Gasteiger partial charge < -0.3 is 20.1 Å². The molecule has 2 N–H and O–H groups in total. The second-order valence-electron chi connectivity index (χ2n) is 5.76. The molecule has 0 saturated carbocycles. The predicted octanol–water partition coefficient (Wildman–Crippen LogP) is 3.26. The Morgan fingerprint density at radius 2 is 1.89 bits per heavy atom. The minimum absolute atomic E-state index is 0.0335. The molecule has 0 aliphatic rings. The van der Waals surface area contributed by atoms with Crippen molar-refractivity contribution in [3.05, 3.63) is 58.9 Å². The summed E-state index contributed by atoms with van der Waals surface area (Å²) >= 11 is 0. The molecule has 0 spiro atoms. The third-order valence-electron chi connectivity index (χ3n) is 3.79. The van der Waals surface area contributed by atoms with Crippen LogP contribution in [-0.2, 0) is 6.54 Å². The van der Waals surface area contributed by atoms with E-state index in [1.165, 1.54) is 19.2 Å². The summed E-state index contributed by atoms with van der Waals surface area (Å²) in [6, 6.07) is 8.97. The summed E-state index contributed by atoms with van der Waals surface area (Å²) in [6.45, 7) is -0.0356. The van der Waals surface area contributed by atoms with Crippen molar-refractivity contribution in [1.82, 2.24) is 10.6 Å². The number of ether oxygens (including phenoxy) is 2. The highest BCUT2D eigenvalue weighted by atomic mass is 19.3. The molecule has 8 heteroatoms. The van der Waals surface area contributed by atoms with Crippen molar-refractivity contribution in [2.45, 2.75) is 20.1 Å². The van der Waals surface area contributed by atoms with Crippen molar-refractivity contribution >= 4 is 5.91 Å². The SMILES string of the molecule is COc1cc(CNCCNC(=O)c2ccc(C)c(F)c2)ccc1OC(F)F. The Morgan fingerprint density at radius 1 is 1.11 bits per heavy atom. The van der Waals surface area contributed by atoms with Crippen LogP contribution in [0.1, 0.15) is 21.5 Å². The number of carbonyl (C=O) groups excluding carboxylic acids is 1. The Morgan fingerprint density at radius 3 is 2.56 bits per heavy atom. The minimum Gasteiger partial charge on any atom is -0.493 e. The maximum atomic E-state index is 13.5. The fraction of sp³-hybridized carbons (Fsp3) is 0.316. The lowest BCUT2D eigenvalue weighted by Crippen LogP contribution is -2.31. The molecule has 5 nitrogen and oxygen atoms in total. The second kappa shape index (κ2) is 9.82. The van der Waals surface area contributed by atoms with Gasteiger partial charge in [-0.3, -0.25) is 4.79 Å². The van der Waals surface area contributed by atoms with Gasteiger partial charge in [0.25, 0.3) is 5.91 Å². The van der Waals surface area contributed by atoms with Crippen molar-refractivity contribution < 1.29 is 27.4 Å². The molecule has 0 saturated heterocycles. The number of carbonyl (C=O) groups is 1. The molecule has 0 aliphatic heterocycles. The highest BCUT2D eigenvalue weighted by Crippen LogP contribution is 2.29. The molecule has 146 valence electrons. The molecule has 1 amide bonds. The van der Waals surface area contributed by atoms with E-state index < -0.39 is 12.4 Å². The average Bonchev–Trinajstić information content (AvgIpc) is 2.64. The smallest absolute Gasteiger partial charge is 0.387 e. The number of methoxy groups -OCH3 is 1. The summed E-state index contributed by atoms with van der Waals surface area (Å²) in [5.41, 5.74) is 1.55. The molecular weight excluding hydrogens is 361 g/mol. The van der Waals surface area contributed by atoms with Crippen LogP contribution in [0.15, 0.2) is 36.4 Å². The molecule has 0 fully saturated rings. The third kappa shape index (κ3) is 6.18. The van der Waals surface area contributed by atoms with E-state index in [-0.39, 0.29) is 23.0 Å². The number of rotatable bonds is 9. The summed E-state index contributed by atoms with van der Waals surface area (Å²) in [5, 5.41) is 5.80. The predicted molar refractivity (Wildman–Crippen MR) is 94.8 cm³/mol. The first-order valence-electron chi connectivity index (χ1n) is 8.27. The van der Waals surface area contributed by atoms with Crippen molar-refractivity contribution in [1.29, 1.82) is 0 Å². The fourth-order valence-corrected chi connectivity index (χ4v) is 2.35. The average molecular weight is 382 g/mol. The van der Waals surface area contributed by atoms with Crippen molar-refractivity contribution in [2.24, 2.45) is 0 Å². The van der Waals surface area contributed by atoms with Crippen LogP contribution in [0, 0.1) is 12.7 Å². The van der Waals surface area contributed by atoms with Crippen LogP contribution in [0.25, 0.3) is 0 Å². The Labute approximate surface area is 155 Å². The number of amides is 1. The molecule has 27 heavy (non-hydrogen) atoms. The van der Waals surface area contributed by atoms with Gasteiger partial charge in [-0.1, -0.05) is 12.1 Å². The lowest BCUT2D eigenvalue weighted by atomic mass is 10.1. The van der Waals surface area contributed by atoms with Crippen LogP contribution in [0.3, 0.4) is 0 Å². The van der Waals surface area contributed by atoms with E-state index in [4.69, 9.17) is 4.74 Å². The molecule has 0 radical (unpaired) electrons. The zero-order chi connectivity index (χ0) is 19.8. The van der Waals surface area contributed by atoms with Gasteiger partial charge >= 0.3 is 6.61 Å². The highest BCUT2D eigenvalue weighted by molar-refractivity contribution is 5.94. The van der Waals surface area contributed by atoms with Gasteiger partial charge in [-0.15, -0.1) is 0 Å². The summed E-state index contributed by atoms with van der Waals surface area (Å²) in [7, 11) is 1.37. The van der Waals surface area contributed by atoms with Crippen LogP contribution in [0.2, 0.25) is 0 Å². The van der Waals surface area contributed by atoms with Crippen molar-refractivity contribution in [2.75, 3.05) is 20.2 Å². The number of halogens is 3. The van der Waals surface area contributed by atoms with Gasteiger partial charge in [-0.05, 0) is 42.3 Å². The summed E-state index contributed by atoms with van der Waals surface area (Å²) < 4.78 is 47.5. The minimum atomic E-state index is -2.92. The van der Waals surface area contributed by atoms with E-state index in [0.29, 0.717) is 25.2 Å². The maximum absolute atomic E-state index is 13.5. The van der Waals surface area contributed by atoms with E-state index in [9.17, 15) is 18.0 Å². The molecule has 0 aromatic heterocycles. The molecule has 2 aromatic rings. The van der Waals surface area contributed by atoms with Crippen LogP contribution in [0.4, 0.5) is 13.2 Å². The topological polar surface area (TPSA) is 59.6 Å². The van der Waals surface area contributed by atoms with Crippen LogP contribution < -0.4 is 20.1 Å². The van der Waals surface area contributed by atoms with E-state index >= 15 is 0 Å². The van der Waals surface area contributed by atoms with E-state index in [0.717, 1.165) is 5.56 Å². The van der Waals surface area contributed by atoms with E-state index in [1.54, 1.807) is 31.2 Å². The van der Waals surface area contributed by atoms with Crippen molar-refractivity contribution in [3.8, 4) is 11.5 Å². The number of hydrogen-bond acceptors (Lipinski definition) is 4. The van der Waals surface area contributed by atoms with Gasteiger partial charge in [0, 0.05) is 25.2 Å². The number of alkyl halides is 2. The largest absolute Gasteiger partial charge is 0.493 e. The summed E-state index contributed by atoms with van der Waals surface area (Å²) in [4.78, 5) is 12.0. The lowest BCUT2D eigenvalue weighted by molar-refractivity contribution is -0.0512. The number of hydrogen-bond donors (Lipinski definition) is 2.